The van der Waals surface area contributed by atoms with E-state index in [2.05, 4.69) is 5.32 Å². The van der Waals surface area contributed by atoms with E-state index in [4.69, 9.17) is 0 Å². The number of fused-ring (bicyclic) bond motifs is 3. The Morgan fingerprint density at radius 3 is 2.32 bits per heavy atom. The first-order chi connectivity index (χ1) is 12.4. The van der Waals surface area contributed by atoms with Gasteiger partial charge in [-0.25, -0.2) is 0 Å². The van der Waals surface area contributed by atoms with Crippen molar-refractivity contribution in [2.45, 2.75) is 37.6 Å². The van der Waals surface area contributed by atoms with Crippen LogP contribution in [0.5, 0.6) is 0 Å². The summed E-state index contributed by atoms with van der Waals surface area (Å²) < 4.78 is 39.4. The maximum Gasteiger partial charge on any atom is 0.416 e. The molecule has 0 aromatic heterocycles. The van der Waals surface area contributed by atoms with Crippen LogP contribution in [0.15, 0.2) is 48.5 Å². The summed E-state index contributed by atoms with van der Waals surface area (Å²) in [4.78, 5) is 0. The van der Waals surface area contributed by atoms with Crippen LogP contribution < -0.4 is 5.32 Å². The van der Waals surface area contributed by atoms with Gasteiger partial charge in [0.05, 0.1) is 11.7 Å². The van der Waals surface area contributed by atoms with Gasteiger partial charge in [0.1, 0.15) is 0 Å². The number of aliphatic hydroxyl groups is 1. The molecule has 1 aliphatic rings. The van der Waals surface area contributed by atoms with Crippen LogP contribution in [0.4, 0.5) is 13.2 Å². The minimum absolute atomic E-state index is 0. The average Bonchev–Trinajstić information content (AvgIpc) is 2.66. The van der Waals surface area contributed by atoms with Crippen molar-refractivity contribution in [3.63, 3.8) is 0 Å². The van der Waals surface area contributed by atoms with Crippen molar-refractivity contribution in [2.24, 2.45) is 0 Å². The summed E-state index contributed by atoms with van der Waals surface area (Å²) in [6.07, 6.45) is -2.16. The summed E-state index contributed by atoms with van der Waals surface area (Å²) in [6.45, 7) is 0.853. The van der Waals surface area contributed by atoms with E-state index in [0.717, 1.165) is 48.0 Å². The lowest BCUT2D eigenvalue weighted by Crippen LogP contribution is -2.38. The summed E-state index contributed by atoms with van der Waals surface area (Å²) in [5.74, 6) is 0. The molecule has 152 valence electrons. The first-order valence-electron chi connectivity index (χ1n) is 8.89. The molecule has 28 heavy (non-hydrogen) atoms. The van der Waals surface area contributed by atoms with Gasteiger partial charge in [0.25, 0.3) is 0 Å². The molecule has 0 aliphatic carbocycles. The third kappa shape index (κ3) is 4.10. The third-order valence-corrected chi connectivity index (χ3v) is 5.27. The van der Waals surface area contributed by atoms with E-state index in [1.807, 2.05) is 24.3 Å². The van der Waals surface area contributed by atoms with Crippen LogP contribution >= 0.6 is 12.4 Å². The monoisotopic (exact) mass is 413 g/mol. The summed E-state index contributed by atoms with van der Waals surface area (Å²) in [6, 6.07) is 13.0. The Morgan fingerprint density at radius 1 is 0.964 bits per heavy atom. The smallest absolute Gasteiger partial charge is 0.412 e. The highest BCUT2D eigenvalue weighted by atomic mass is 35.5. The largest absolute Gasteiger partial charge is 0.416 e. The van der Waals surface area contributed by atoms with Crippen LogP contribution in [0, 0.1) is 0 Å². The van der Waals surface area contributed by atoms with Gasteiger partial charge in [-0.1, -0.05) is 36.8 Å². The van der Waals surface area contributed by atoms with Crippen LogP contribution in [-0.4, -0.2) is 23.2 Å². The molecule has 1 aliphatic heterocycles. The highest BCUT2D eigenvalue weighted by Crippen LogP contribution is 2.37. The molecular weight excluding hydrogens is 391 g/mol. The zero-order valence-electron chi connectivity index (χ0n) is 15.1. The second-order valence-electron chi connectivity index (χ2n) is 6.95. The molecule has 3 aromatic carbocycles. The predicted octanol–water partition coefficient (Wildman–Crippen LogP) is 4.78. The van der Waals surface area contributed by atoms with E-state index in [9.17, 15) is 18.3 Å². The first kappa shape index (κ1) is 22.4. The molecule has 3 aromatic rings. The minimum Gasteiger partial charge on any atom is -0.412 e. The molecule has 3 nitrogen and oxygen atoms in total. The second-order valence-corrected chi connectivity index (χ2v) is 6.95. The quantitative estimate of drug-likeness (QED) is 0.593. The number of hydrogen-bond donors (Lipinski definition) is 2. The SMILES string of the molecule is Cl.O.OC(c1cc2cc(C(F)(F)F)ccc2c2ccccc12)C1CCCCN1. The van der Waals surface area contributed by atoms with Gasteiger partial charge in [-0.05, 0) is 64.7 Å². The van der Waals surface area contributed by atoms with Gasteiger partial charge in [0, 0.05) is 6.04 Å². The molecule has 0 amide bonds. The molecule has 7 heteroatoms. The Hall–Kier alpha value is -1.86. The Balaban J connectivity index is 0.00000140. The molecule has 0 spiro atoms. The fourth-order valence-electron chi connectivity index (χ4n) is 3.93. The lowest BCUT2D eigenvalue weighted by molar-refractivity contribution is -0.137. The molecule has 0 saturated carbocycles. The second kappa shape index (κ2) is 8.66. The molecule has 4 N–H and O–H groups in total. The number of piperidine rings is 1. The van der Waals surface area contributed by atoms with Gasteiger partial charge in [0.15, 0.2) is 0 Å². The maximum atomic E-state index is 13.1. The minimum atomic E-state index is -4.39. The molecule has 0 radical (unpaired) electrons. The number of rotatable bonds is 2. The van der Waals surface area contributed by atoms with Crippen LogP contribution in [0.3, 0.4) is 0 Å². The fraction of sp³-hybridized carbons (Fsp3) is 0.333. The van der Waals surface area contributed by atoms with E-state index in [0.29, 0.717) is 10.9 Å². The number of aliphatic hydroxyl groups excluding tert-OH is 1. The van der Waals surface area contributed by atoms with E-state index < -0.39 is 17.8 Å². The number of benzene rings is 3. The first-order valence-corrected chi connectivity index (χ1v) is 8.89. The van der Waals surface area contributed by atoms with Crippen molar-refractivity contribution >= 4 is 34.0 Å². The lowest BCUT2D eigenvalue weighted by atomic mass is 9.89. The number of hydrogen-bond acceptors (Lipinski definition) is 2. The summed E-state index contributed by atoms with van der Waals surface area (Å²) in [7, 11) is 0. The van der Waals surface area contributed by atoms with E-state index in [1.54, 1.807) is 6.07 Å². The molecule has 4 rings (SSSR count). The van der Waals surface area contributed by atoms with Crippen LogP contribution in [0.25, 0.3) is 21.5 Å². The standard InChI is InChI=1S/C21H20F3NO.ClH.H2O/c22-21(23,24)14-8-9-15-13(11-14)12-18(17-6-2-1-5-16(15)17)20(26)19-7-3-4-10-25-19;;/h1-2,5-6,8-9,11-12,19-20,25-26H,3-4,7,10H2;1H;1H2. The van der Waals surface area contributed by atoms with Gasteiger partial charge in [-0.2, -0.15) is 13.2 Å². The van der Waals surface area contributed by atoms with Gasteiger partial charge in [-0.15, -0.1) is 12.4 Å². The van der Waals surface area contributed by atoms with Gasteiger partial charge < -0.3 is 15.9 Å². The van der Waals surface area contributed by atoms with Crippen molar-refractivity contribution < 1.29 is 23.8 Å². The zero-order chi connectivity index (χ0) is 18.3. The molecule has 1 heterocycles. The Kier molecular flexibility index (Phi) is 6.93. The summed E-state index contributed by atoms with van der Waals surface area (Å²) >= 11 is 0. The topological polar surface area (TPSA) is 63.8 Å². The Morgan fingerprint density at radius 2 is 1.68 bits per heavy atom. The third-order valence-electron chi connectivity index (χ3n) is 5.27. The van der Waals surface area contributed by atoms with Gasteiger partial charge >= 0.3 is 6.18 Å². The Bertz CT molecular complexity index is 955. The van der Waals surface area contributed by atoms with Crippen molar-refractivity contribution in [1.29, 1.82) is 0 Å². The maximum absolute atomic E-state index is 13.1. The van der Waals surface area contributed by atoms with Crippen molar-refractivity contribution in [3.8, 4) is 0 Å². The molecular formula is C21H23ClF3NO2. The van der Waals surface area contributed by atoms with E-state index >= 15 is 0 Å². The molecule has 1 fully saturated rings. The highest BCUT2D eigenvalue weighted by Gasteiger charge is 2.31. The molecule has 2 unspecified atom stereocenters. The van der Waals surface area contributed by atoms with Crippen molar-refractivity contribution in [3.05, 3.63) is 59.7 Å². The van der Waals surface area contributed by atoms with E-state index in [1.165, 1.54) is 12.1 Å². The number of nitrogens with one attached hydrogen (secondary N) is 1. The zero-order valence-corrected chi connectivity index (χ0v) is 15.9. The number of halogens is 4. The molecule has 2 atom stereocenters. The van der Waals surface area contributed by atoms with Crippen LogP contribution in [0.2, 0.25) is 0 Å². The van der Waals surface area contributed by atoms with Crippen LogP contribution in [0.1, 0.15) is 36.5 Å². The van der Waals surface area contributed by atoms with Crippen molar-refractivity contribution in [2.75, 3.05) is 6.54 Å². The van der Waals surface area contributed by atoms with Crippen molar-refractivity contribution in [1.82, 2.24) is 5.32 Å². The Labute approximate surface area is 167 Å². The average molecular weight is 414 g/mol. The molecule has 0 bridgehead atoms. The van der Waals surface area contributed by atoms with Gasteiger partial charge in [0.2, 0.25) is 0 Å². The van der Waals surface area contributed by atoms with Crippen LogP contribution in [-0.2, 0) is 6.18 Å². The summed E-state index contributed by atoms with van der Waals surface area (Å²) in [5, 5.41) is 17.3. The molecule has 1 saturated heterocycles. The fourth-order valence-corrected chi connectivity index (χ4v) is 3.93. The van der Waals surface area contributed by atoms with Gasteiger partial charge in [-0.3, -0.25) is 0 Å². The number of alkyl halides is 3. The normalized spacial score (nSPS) is 18.4. The predicted molar refractivity (Wildman–Crippen MR) is 108 cm³/mol. The highest BCUT2D eigenvalue weighted by molar-refractivity contribution is 6.09. The lowest BCUT2D eigenvalue weighted by Gasteiger charge is -2.29. The summed E-state index contributed by atoms with van der Waals surface area (Å²) in [5.41, 5.74) is 0.0170. The van der Waals surface area contributed by atoms with E-state index in [-0.39, 0.29) is 23.9 Å².